The van der Waals surface area contributed by atoms with E-state index >= 15 is 0 Å². The standard InChI is InChI=1S/C32H39ClF3N11O3/c1-3-24-27(43-15-13-42(14-16-43)25-18-37-46(28(25)49)21-5-4-6-21)29(50)47-31(39-30(40-47)44-11-9-41(2)10-12-44)45(24)19-26(48)38-23-8-7-20(17-22(23)33)32(34,35)36/h7-8,17-18,21,37H,3-6,9-16,19H2,1-2H3,(H,38,48). The Morgan fingerprint density at radius 2 is 1.68 bits per heavy atom. The third-order valence-corrected chi connectivity index (χ3v) is 10.3. The van der Waals surface area contributed by atoms with Gasteiger partial charge in [-0.25, -0.2) is 4.68 Å². The summed E-state index contributed by atoms with van der Waals surface area (Å²) in [6, 6.07) is 2.94. The number of alkyl halides is 3. The van der Waals surface area contributed by atoms with Gasteiger partial charge in [0.1, 0.15) is 17.9 Å². The Balaban J connectivity index is 1.21. The van der Waals surface area contributed by atoms with Gasteiger partial charge in [-0.15, -0.1) is 5.10 Å². The third kappa shape index (κ3) is 6.32. The molecule has 3 aromatic heterocycles. The summed E-state index contributed by atoms with van der Waals surface area (Å²) in [5, 5.41) is 10.1. The first kappa shape index (κ1) is 34.0. The second-order valence-electron chi connectivity index (χ2n) is 13.1. The molecule has 4 aromatic rings. The molecule has 1 saturated carbocycles. The van der Waals surface area contributed by atoms with Crippen LogP contribution >= 0.6 is 11.6 Å². The van der Waals surface area contributed by atoms with Gasteiger partial charge in [-0.05, 0) is 50.9 Å². The number of hydrogen-bond acceptors (Lipinski definition) is 9. The molecule has 18 heteroatoms. The van der Waals surface area contributed by atoms with E-state index in [9.17, 15) is 27.6 Å². The van der Waals surface area contributed by atoms with Crippen LogP contribution in [-0.2, 0) is 23.9 Å². The minimum absolute atomic E-state index is 0.0249. The van der Waals surface area contributed by atoms with Crippen molar-refractivity contribution in [2.75, 3.05) is 79.4 Å². The predicted molar refractivity (Wildman–Crippen MR) is 184 cm³/mol. The zero-order valence-corrected chi connectivity index (χ0v) is 28.6. The van der Waals surface area contributed by atoms with Gasteiger partial charge in [0, 0.05) is 58.6 Å². The summed E-state index contributed by atoms with van der Waals surface area (Å²) in [6.45, 7) is 6.35. The number of fused-ring (bicyclic) bond motifs is 1. The number of H-pyrrole nitrogens is 1. The summed E-state index contributed by atoms with van der Waals surface area (Å²) in [5.74, 6) is -0.0166. The van der Waals surface area contributed by atoms with Crippen molar-refractivity contribution in [2.45, 2.75) is 51.4 Å². The molecular weight excluding hydrogens is 679 g/mol. The third-order valence-electron chi connectivity index (χ3n) is 9.96. The zero-order chi connectivity index (χ0) is 35.3. The van der Waals surface area contributed by atoms with Gasteiger partial charge in [0.2, 0.25) is 17.6 Å². The molecule has 7 rings (SSSR count). The highest BCUT2D eigenvalue weighted by atomic mass is 35.5. The normalized spacial score (nSPS) is 17.8. The largest absolute Gasteiger partial charge is 0.416 e. The first-order valence-electron chi connectivity index (χ1n) is 16.8. The topological polar surface area (TPSA) is 132 Å². The predicted octanol–water partition coefficient (Wildman–Crippen LogP) is 3.06. The summed E-state index contributed by atoms with van der Waals surface area (Å²) in [4.78, 5) is 53.9. The molecule has 1 amide bonds. The molecule has 3 aliphatic rings. The molecule has 0 unspecified atom stereocenters. The van der Waals surface area contributed by atoms with E-state index in [1.54, 1.807) is 15.4 Å². The number of halogens is 4. The van der Waals surface area contributed by atoms with Gasteiger partial charge < -0.3 is 34.6 Å². The number of hydrogen-bond donors (Lipinski definition) is 2. The number of rotatable bonds is 8. The number of carbonyl (C=O) groups is 1. The van der Waals surface area contributed by atoms with Gasteiger partial charge in [0.15, 0.2) is 0 Å². The van der Waals surface area contributed by atoms with Gasteiger partial charge in [-0.2, -0.15) is 22.7 Å². The summed E-state index contributed by atoms with van der Waals surface area (Å²) in [5.41, 5.74) is 0.241. The molecule has 0 atom stereocenters. The van der Waals surface area contributed by atoms with Gasteiger partial charge in [0.25, 0.3) is 11.1 Å². The van der Waals surface area contributed by atoms with Gasteiger partial charge >= 0.3 is 6.18 Å². The summed E-state index contributed by atoms with van der Waals surface area (Å²) in [7, 11) is 2.03. The molecule has 2 N–H and O–H groups in total. The molecule has 5 heterocycles. The van der Waals surface area contributed by atoms with Crippen LogP contribution < -0.4 is 31.1 Å². The van der Waals surface area contributed by atoms with E-state index in [-0.39, 0.29) is 40.2 Å². The molecule has 1 aliphatic carbocycles. The number of aromatic nitrogens is 6. The number of amides is 1. The molecule has 14 nitrogen and oxygen atoms in total. The average molecular weight is 718 g/mol. The second-order valence-corrected chi connectivity index (χ2v) is 13.5. The van der Waals surface area contributed by atoms with E-state index in [2.05, 4.69) is 20.4 Å². The van der Waals surface area contributed by atoms with Crippen molar-refractivity contribution in [3.63, 3.8) is 0 Å². The lowest BCUT2D eigenvalue weighted by atomic mass is 9.93. The molecule has 2 aliphatic heterocycles. The molecule has 268 valence electrons. The number of likely N-dealkylation sites (N-methyl/N-ethyl adjacent to an activating group) is 1. The van der Waals surface area contributed by atoms with Crippen LogP contribution in [0.2, 0.25) is 5.02 Å². The van der Waals surface area contributed by atoms with Crippen molar-refractivity contribution in [1.82, 2.24) is 33.8 Å². The van der Waals surface area contributed by atoms with E-state index in [0.29, 0.717) is 68.7 Å². The number of benzene rings is 1. The Bertz CT molecular complexity index is 2020. The number of aromatic amines is 1. The smallest absolute Gasteiger partial charge is 0.362 e. The van der Waals surface area contributed by atoms with Crippen molar-refractivity contribution in [3.05, 3.63) is 61.4 Å². The Labute approximate surface area is 290 Å². The lowest BCUT2D eigenvalue weighted by Gasteiger charge is -2.37. The fraction of sp³-hybridized carbons (Fsp3) is 0.531. The van der Waals surface area contributed by atoms with Crippen LogP contribution in [0.15, 0.2) is 34.0 Å². The highest BCUT2D eigenvalue weighted by Crippen LogP contribution is 2.34. The quantitative estimate of drug-likeness (QED) is 0.282. The Kier molecular flexibility index (Phi) is 9.05. The van der Waals surface area contributed by atoms with Crippen molar-refractivity contribution in [2.24, 2.45) is 0 Å². The van der Waals surface area contributed by atoms with Gasteiger partial charge in [-0.1, -0.05) is 18.5 Å². The lowest BCUT2D eigenvalue weighted by molar-refractivity contribution is -0.137. The van der Waals surface area contributed by atoms with E-state index in [1.807, 2.05) is 28.7 Å². The number of nitrogens with zero attached hydrogens (tertiary/aromatic N) is 9. The maximum absolute atomic E-state index is 14.3. The van der Waals surface area contributed by atoms with E-state index in [0.717, 1.165) is 50.6 Å². The van der Waals surface area contributed by atoms with Crippen molar-refractivity contribution in [3.8, 4) is 0 Å². The van der Waals surface area contributed by atoms with Gasteiger partial charge in [-0.3, -0.25) is 14.4 Å². The van der Waals surface area contributed by atoms with E-state index < -0.39 is 17.6 Å². The molecule has 0 bridgehead atoms. The number of anilines is 4. The Hall–Kier alpha value is -4.51. The minimum Gasteiger partial charge on any atom is -0.362 e. The first-order valence-corrected chi connectivity index (χ1v) is 17.2. The molecule has 2 saturated heterocycles. The van der Waals surface area contributed by atoms with Crippen molar-refractivity contribution in [1.29, 1.82) is 0 Å². The maximum Gasteiger partial charge on any atom is 0.416 e. The van der Waals surface area contributed by atoms with Crippen molar-refractivity contribution < 1.29 is 18.0 Å². The lowest BCUT2D eigenvalue weighted by Crippen LogP contribution is -2.50. The monoisotopic (exact) mass is 717 g/mol. The fourth-order valence-corrected chi connectivity index (χ4v) is 7.10. The van der Waals surface area contributed by atoms with E-state index in [4.69, 9.17) is 16.6 Å². The van der Waals surface area contributed by atoms with E-state index in [1.165, 1.54) is 4.52 Å². The Morgan fingerprint density at radius 1 is 1.00 bits per heavy atom. The summed E-state index contributed by atoms with van der Waals surface area (Å²) < 4.78 is 44.2. The van der Waals surface area contributed by atoms with Crippen LogP contribution in [0.3, 0.4) is 0 Å². The van der Waals surface area contributed by atoms with Crippen LogP contribution in [-0.4, -0.2) is 99.2 Å². The minimum atomic E-state index is -4.59. The zero-order valence-electron chi connectivity index (χ0n) is 27.8. The van der Waals surface area contributed by atoms with Crippen molar-refractivity contribution >= 4 is 46.3 Å². The number of piperazine rings is 2. The van der Waals surface area contributed by atoms with Crippen LogP contribution in [0.25, 0.3) is 5.78 Å². The van der Waals surface area contributed by atoms with Gasteiger partial charge in [0.05, 0.1) is 28.0 Å². The maximum atomic E-state index is 14.3. The van der Waals surface area contributed by atoms with Crippen LogP contribution in [0.1, 0.15) is 43.5 Å². The highest BCUT2D eigenvalue weighted by molar-refractivity contribution is 6.33. The average Bonchev–Trinajstić information content (AvgIpc) is 3.67. The Morgan fingerprint density at radius 3 is 2.30 bits per heavy atom. The number of carbonyl (C=O) groups excluding carboxylic acids is 1. The molecule has 0 radical (unpaired) electrons. The highest BCUT2D eigenvalue weighted by Gasteiger charge is 2.32. The number of nitrogens with one attached hydrogen (secondary N) is 2. The fourth-order valence-electron chi connectivity index (χ4n) is 6.87. The molecule has 0 spiro atoms. The van der Waals surface area contributed by atoms with Crippen LogP contribution in [0.5, 0.6) is 0 Å². The molecule has 3 fully saturated rings. The summed E-state index contributed by atoms with van der Waals surface area (Å²) in [6.07, 6.45) is 0.614. The molecular formula is C32H39ClF3N11O3. The first-order chi connectivity index (χ1) is 23.9. The molecule has 1 aromatic carbocycles. The van der Waals surface area contributed by atoms with Crippen LogP contribution in [0.4, 0.5) is 36.2 Å². The van der Waals surface area contributed by atoms with Crippen LogP contribution in [0, 0.1) is 0 Å². The second kappa shape index (κ2) is 13.3. The SMILES string of the molecule is CCc1c(N2CCN(c3c[nH]n(C4CCC4)c3=O)CC2)c(=O)n2nc(N3CCN(C)CC3)nc2n1CC(=O)Nc1ccc(C(F)(F)F)cc1Cl. The summed E-state index contributed by atoms with van der Waals surface area (Å²) >= 11 is 6.14. The molecule has 50 heavy (non-hydrogen) atoms.